The van der Waals surface area contributed by atoms with Crippen molar-refractivity contribution in [3.8, 4) is 11.5 Å². The molecule has 0 amide bonds. The van der Waals surface area contributed by atoms with Crippen molar-refractivity contribution in [2.75, 3.05) is 19.1 Å². The third-order valence-electron chi connectivity index (χ3n) is 6.99. The fraction of sp³-hybridized carbons (Fsp3) is 0.647. The fourth-order valence-corrected chi connectivity index (χ4v) is 5.26. The van der Waals surface area contributed by atoms with Gasteiger partial charge in [-0.05, 0) is 46.6 Å². The Kier molecular flexibility index (Phi) is 9.56. The molecule has 0 atom stereocenters. The number of benzene rings is 2. The van der Waals surface area contributed by atoms with Crippen LogP contribution in [0.2, 0.25) is 0 Å². The summed E-state index contributed by atoms with van der Waals surface area (Å²) in [6.45, 7) is 32.6. The second-order valence-corrected chi connectivity index (χ2v) is 14.8. The minimum atomic E-state index is -0.0661. The Balaban J connectivity index is 2.98. The zero-order chi connectivity index (χ0) is 28.6. The summed E-state index contributed by atoms with van der Waals surface area (Å²) in [5.74, 6) is 2.61. The third kappa shape index (κ3) is 7.25. The summed E-state index contributed by atoms with van der Waals surface area (Å²) in [5.41, 5.74) is 7.19. The van der Waals surface area contributed by atoms with E-state index in [4.69, 9.17) is 21.1 Å². The fourth-order valence-electron chi connectivity index (χ4n) is 4.90. The van der Waals surface area contributed by atoms with Crippen molar-refractivity contribution in [1.82, 2.24) is 0 Å². The van der Waals surface area contributed by atoms with Gasteiger partial charge in [0.2, 0.25) is 0 Å². The largest absolute Gasteiger partial charge is 0.493 e. The number of rotatable bonds is 7. The van der Waals surface area contributed by atoms with Gasteiger partial charge in [0, 0.05) is 34.1 Å². The molecule has 0 aliphatic heterocycles. The number of ether oxygens (including phenoxy) is 2. The first-order valence-corrected chi connectivity index (χ1v) is 14.5. The second-order valence-electron chi connectivity index (χ2n) is 14.5. The maximum atomic E-state index is 6.84. The molecule has 2 aromatic carbocycles. The van der Waals surface area contributed by atoms with E-state index in [0.717, 1.165) is 11.5 Å². The predicted octanol–water partition coefficient (Wildman–Crippen LogP) is 10.0. The number of hydrogen-bond acceptors (Lipinski definition) is 2. The topological polar surface area (TPSA) is 18.5 Å². The highest BCUT2D eigenvalue weighted by molar-refractivity contribution is 6.18. The molecule has 0 unspecified atom stereocenters. The van der Waals surface area contributed by atoms with Crippen LogP contribution >= 0.6 is 11.6 Å². The van der Waals surface area contributed by atoms with Gasteiger partial charge in [0.1, 0.15) is 11.5 Å². The van der Waals surface area contributed by atoms with Crippen LogP contribution < -0.4 is 9.47 Å². The van der Waals surface area contributed by atoms with Gasteiger partial charge >= 0.3 is 0 Å². The zero-order valence-corrected chi connectivity index (χ0v) is 27.0. The Hall–Kier alpha value is -1.67. The van der Waals surface area contributed by atoms with Crippen molar-refractivity contribution in [1.29, 1.82) is 0 Å². The molecule has 0 aliphatic rings. The third-order valence-corrected chi connectivity index (χ3v) is 7.30. The second kappa shape index (κ2) is 11.2. The predicted molar refractivity (Wildman–Crippen MR) is 163 cm³/mol. The summed E-state index contributed by atoms with van der Waals surface area (Å²) < 4.78 is 12.6. The van der Waals surface area contributed by atoms with Crippen molar-refractivity contribution >= 4 is 11.6 Å². The minimum Gasteiger partial charge on any atom is -0.493 e. The Bertz CT molecular complexity index is 913. The molecule has 0 heterocycles. The molecular formula is C34H53ClO2. The maximum Gasteiger partial charge on any atom is 0.126 e. The number of hydrogen-bond donors (Lipinski definition) is 0. The van der Waals surface area contributed by atoms with Gasteiger partial charge in [-0.1, -0.05) is 107 Å². The van der Waals surface area contributed by atoms with Crippen molar-refractivity contribution in [2.45, 2.75) is 125 Å². The van der Waals surface area contributed by atoms with Crippen LogP contribution in [-0.4, -0.2) is 19.1 Å². The van der Waals surface area contributed by atoms with Crippen LogP contribution in [0.5, 0.6) is 11.5 Å². The molecule has 208 valence electrons. The molecule has 0 saturated carbocycles. The highest BCUT2D eigenvalue weighted by atomic mass is 35.5. The van der Waals surface area contributed by atoms with Crippen LogP contribution in [0.25, 0.3) is 0 Å². The normalized spacial score (nSPS) is 13.3. The van der Waals surface area contributed by atoms with Gasteiger partial charge in [0.15, 0.2) is 0 Å². The molecule has 0 bridgehead atoms. The van der Waals surface area contributed by atoms with Crippen LogP contribution in [-0.2, 0) is 21.7 Å². The Labute approximate surface area is 233 Å². The Morgan fingerprint density at radius 3 is 0.946 bits per heavy atom. The van der Waals surface area contributed by atoms with Gasteiger partial charge in [-0.2, -0.15) is 0 Å². The maximum absolute atomic E-state index is 6.84. The summed E-state index contributed by atoms with van der Waals surface area (Å²) in [6.07, 6.45) is 0. The molecule has 2 aromatic rings. The highest BCUT2D eigenvalue weighted by Gasteiger charge is 2.32. The minimum absolute atomic E-state index is 0.0532. The van der Waals surface area contributed by atoms with E-state index in [0.29, 0.717) is 19.1 Å². The quantitative estimate of drug-likeness (QED) is 0.333. The molecule has 0 fully saturated rings. The first-order chi connectivity index (χ1) is 16.8. The molecule has 2 rings (SSSR count). The molecule has 0 aromatic heterocycles. The first kappa shape index (κ1) is 31.5. The summed E-state index contributed by atoms with van der Waals surface area (Å²) in [6, 6.07) is 9.38. The van der Waals surface area contributed by atoms with Crippen molar-refractivity contribution in [2.24, 2.45) is 0 Å². The Morgan fingerprint density at radius 1 is 0.541 bits per heavy atom. The molecule has 0 aliphatic carbocycles. The van der Waals surface area contributed by atoms with E-state index in [1.165, 1.54) is 33.4 Å². The van der Waals surface area contributed by atoms with E-state index in [9.17, 15) is 0 Å². The van der Waals surface area contributed by atoms with Gasteiger partial charge < -0.3 is 9.47 Å². The SMILES string of the molecule is CCOc1c(C(C)(C)C)cc(C(CCl)c2cc(C(C)(C)C)c(OCC)c(C(C)(C)C)c2)cc1C(C)(C)C. The molecule has 2 nitrogen and oxygen atoms in total. The standard InChI is InChI=1S/C34H53ClO2/c1-15-36-29-25(31(3,4)5)17-22(18-26(29)32(6,7)8)24(21-35)23-19-27(33(9,10)11)30(37-16-2)28(20-23)34(12,13)14/h17-20,24H,15-16,21H2,1-14H3. The molecule has 37 heavy (non-hydrogen) atoms. The lowest BCUT2D eigenvalue weighted by atomic mass is 9.74. The van der Waals surface area contributed by atoms with E-state index in [2.05, 4.69) is 121 Å². The van der Waals surface area contributed by atoms with Crippen LogP contribution in [0, 0.1) is 0 Å². The average molecular weight is 529 g/mol. The van der Waals surface area contributed by atoms with Crippen molar-refractivity contribution in [3.63, 3.8) is 0 Å². The lowest BCUT2D eigenvalue weighted by molar-refractivity contribution is 0.319. The van der Waals surface area contributed by atoms with Gasteiger partial charge in [0.25, 0.3) is 0 Å². The first-order valence-electron chi connectivity index (χ1n) is 14.0. The lowest BCUT2D eigenvalue weighted by Gasteiger charge is -2.33. The summed E-state index contributed by atoms with van der Waals surface area (Å²) in [7, 11) is 0. The smallest absolute Gasteiger partial charge is 0.126 e. The molecular weight excluding hydrogens is 476 g/mol. The van der Waals surface area contributed by atoms with E-state index in [1.807, 2.05) is 0 Å². The van der Waals surface area contributed by atoms with Gasteiger partial charge in [-0.25, -0.2) is 0 Å². The van der Waals surface area contributed by atoms with Gasteiger partial charge in [-0.3, -0.25) is 0 Å². The lowest BCUT2D eigenvalue weighted by Crippen LogP contribution is -2.23. The van der Waals surface area contributed by atoms with Crippen LogP contribution in [0.1, 0.15) is 136 Å². The van der Waals surface area contributed by atoms with Gasteiger partial charge in [-0.15, -0.1) is 11.6 Å². The van der Waals surface area contributed by atoms with Crippen LogP contribution in [0.15, 0.2) is 24.3 Å². The van der Waals surface area contributed by atoms with E-state index in [1.54, 1.807) is 0 Å². The van der Waals surface area contributed by atoms with Crippen LogP contribution in [0.4, 0.5) is 0 Å². The molecule has 0 saturated heterocycles. The molecule has 0 N–H and O–H groups in total. The Morgan fingerprint density at radius 2 is 0.784 bits per heavy atom. The molecule has 0 radical (unpaired) electrons. The summed E-state index contributed by atoms with van der Waals surface area (Å²) in [5, 5.41) is 0. The highest BCUT2D eigenvalue weighted by Crippen LogP contribution is 2.46. The van der Waals surface area contributed by atoms with Crippen LogP contribution in [0.3, 0.4) is 0 Å². The van der Waals surface area contributed by atoms with E-state index >= 15 is 0 Å². The zero-order valence-electron chi connectivity index (χ0n) is 26.2. The van der Waals surface area contributed by atoms with E-state index < -0.39 is 0 Å². The summed E-state index contributed by atoms with van der Waals surface area (Å²) in [4.78, 5) is 0. The van der Waals surface area contributed by atoms with E-state index in [-0.39, 0.29) is 27.6 Å². The van der Waals surface area contributed by atoms with Gasteiger partial charge in [0.05, 0.1) is 13.2 Å². The summed E-state index contributed by atoms with van der Waals surface area (Å²) >= 11 is 6.84. The monoisotopic (exact) mass is 528 g/mol. The number of alkyl halides is 1. The van der Waals surface area contributed by atoms with Crippen molar-refractivity contribution < 1.29 is 9.47 Å². The molecule has 0 spiro atoms. The number of halogens is 1. The average Bonchev–Trinajstić information content (AvgIpc) is 2.72. The van der Waals surface area contributed by atoms with Crippen molar-refractivity contribution in [3.05, 3.63) is 57.6 Å². The molecule has 3 heteroatoms.